The summed E-state index contributed by atoms with van der Waals surface area (Å²) in [7, 11) is 0. The summed E-state index contributed by atoms with van der Waals surface area (Å²) in [5.74, 6) is -0.360. The van der Waals surface area contributed by atoms with Crippen molar-refractivity contribution >= 4 is 6.15 Å². The lowest BCUT2D eigenvalue weighted by atomic mass is 9.89. The van der Waals surface area contributed by atoms with Crippen LogP contribution in [0, 0.1) is 19.7 Å². The number of benzene rings is 3. The Hall–Kier alpha value is -3.53. The molecule has 0 saturated heterocycles. The molecule has 1 N–H and O–H groups in total. The molecule has 0 radical (unpaired) electrons. The highest BCUT2D eigenvalue weighted by Crippen LogP contribution is 2.40. The summed E-state index contributed by atoms with van der Waals surface area (Å²) in [5.41, 5.74) is 0.616. The first-order valence-corrected chi connectivity index (χ1v) is 14.2. The zero-order chi connectivity index (χ0) is 34.7. The molecule has 0 aliphatic carbocycles. The number of rotatable bonds is 7. The largest absolute Gasteiger partial charge is 0.416 e. The number of aryl methyl sites for hydroxylation is 2. The number of halogens is 7. The van der Waals surface area contributed by atoms with Crippen molar-refractivity contribution in [3.8, 4) is 11.1 Å². The van der Waals surface area contributed by atoms with Gasteiger partial charge in [0.1, 0.15) is 5.82 Å². The van der Waals surface area contributed by atoms with Crippen LogP contribution in [0.2, 0.25) is 0 Å². The van der Waals surface area contributed by atoms with Crippen molar-refractivity contribution in [2.75, 3.05) is 0 Å². The molecule has 45 heavy (non-hydrogen) atoms. The van der Waals surface area contributed by atoms with E-state index in [0.29, 0.717) is 17.7 Å². The fourth-order valence-corrected chi connectivity index (χ4v) is 5.31. The molecule has 0 fully saturated rings. The second-order valence-corrected chi connectivity index (χ2v) is 12.4. The lowest BCUT2D eigenvalue weighted by molar-refractivity contribution is -0.191. The maximum atomic E-state index is 14.7. The van der Waals surface area contributed by atoms with Crippen molar-refractivity contribution in [2.45, 2.75) is 97.9 Å². The van der Waals surface area contributed by atoms with Gasteiger partial charge in [0.2, 0.25) is 0 Å². The van der Waals surface area contributed by atoms with Gasteiger partial charge in [-0.05, 0) is 111 Å². The maximum absolute atomic E-state index is 14.7. The van der Waals surface area contributed by atoms with E-state index in [-0.39, 0.29) is 30.5 Å². The van der Waals surface area contributed by atoms with Crippen molar-refractivity contribution in [3.05, 3.63) is 93.3 Å². The van der Waals surface area contributed by atoms with E-state index in [4.69, 9.17) is 9.59 Å². The predicted molar refractivity (Wildman–Crippen MR) is 157 cm³/mol. The minimum atomic E-state index is -5.03. The van der Waals surface area contributed by atoms with E-state index >= 15 is 0 Å². The Labute approximate surface area is 258 Å². The standard InChI is InChI=1S/C33H38F7NO.CO2/c1-18(2)27-16-28(20(4)12-29(27)34)26-10-9-19(3)11-23(26)17-41(31(6,7)8)21(5)30(42)22-13-24(32(35,36)37)15-25(14-22)33(38,39)40;2-1-3/h9-16,18,21,30,42H,17H2,1-8H3;/t21-,30-;/m0./s1. The molecule has 0 amide bonds. The SMILES string of the molecule is Cc1ccc(-c2cc(C(C)C)c(F)cc2C)c(CN([C@@H](C)[C@H](O)c2cc(C(F)(F)F)cc(C(F)(F)F)c2)C(C)(C)C)c1.O=C=O. The fourth-order valence-electron chi connectivity index (χ4n) is 5.31. The minimum absolute atomic E-state index is 0.0535. The second-order valence-electron chi connectivity index (χ2n) is 12.4. The summed E-state index contributed by atoms with van der Waals surface area (Å²) in [6.07, 6.45) is -11.5. The molecule has 0 heterocycles. The van der Waals surface area contributed by atoms with Gasteiger partial charge in [0.05, 0.1) is 17.2 Å². The van der Waals surface area contributed by atoms with Crippen LogP contribution in [0.1, 0.15) is 92.5 Å². The highest BCUT2D eigenvalue weighted by molar-refractivity contribution is 5.72. The van der Waals surface area contributed by atoms with E-state index in [1.807, 2.05) is 77.6 Å². The number of hydrogen-bond donors (Lipinski definition) is 1. The molecule has 0 bridgehead atoms. The van der Waals surface area contributed by atoms with Crippen LogP contribution in [0.5, 0.6) is 0 Å². The van der Waals surface area contributed by atoms with Gasteiger partial charge in [-0.3, -0.25) is 4.90 Å². The lowest BCUT2D eigenvalue weighted by Crippen LogP contribution is -2.48. The van der Waals surface area contributed by atoms with E-state index in [1.165, 1.54) is 6.07 Å². The van der Waals surface area contributed by atoms with E-state index in [2.05, 4.69) is 0 Å². The molecule has 11 heteroatoms. The van der Waals surface area contributed by atoms with Gasteiger partial charge in [0.25, 0.3) is 0 Å². The molecule has 0 unspecified atom stereocenters. The summed E-state index contributed by atoms with van der Waals surface area (Å²) in [6.45, 7) is 14.9. The summed E-state index contributed by atoms with van der Waals surface area (Å²) in [6, 6.07) is 9.45. The molecule has 4 nitrogen and oxygen atoms in total. The average Bonchev–Trinajstić information content (AvgIpc) is 2.90. The Kier molecular flexibility index (Phi) is 11.9. The number of hydrogen-bond acceptors (Lipinski definition) is 4. The zero-order valence-corrected chi connectivity index (χ0v) is 26.4. The summed E-state index contributed by atoms with van der Waals surface area (Å²) >= 11 is 0. The summed E-state index contributed by atoms with van der Waals surface area (Å²) < 4.78 is 95.9. The Balaban J connectivity index is 0.00000226. The zero-order valence-electron chi connectivity index (χ0n) is 26.4. The van der Waals surface area contributed by atoms with Crippen LogP contribution in [0.3, 0.4) is 0 Å². The third kappa shape index (κ3) is 9.48. The van der Waals surface area contributed by atoms with Crippen molar-refractivity contribution in [1.29, 1.82) is 0 Å². The van der Waals surface area contributed by atoms with E-state index < -0.39 is 46.7 Å². The van der Waals surface area contributed by atoms with Crippen molar-refractivity contribution in [1.82, 2.24) is 4.90 Å². The molecular formula is C34H38F7NO3. The molecule has 0 spiro atoms. The fraction of sp³-hybridized carbons (Fsp3) is 0.441. The lowest BCUT2D eigenvalue weighted by Gasteiger charge is -2.43. The molecule has 0 aliphatic rings. The average molecular weight is 642 g/mol. The van der Waals surface area contributed by atoms with Crippen LogP contribution in [0.25, 0.3) is 11.1 Å². The highest BCUT2D eigenvalue weighted by Gasteiger charge is 2.39. The Morgan fingerprint density at radius 1 is 0.800 bits per heavy atom. The van der Waals surface area contributed by atoms with Gasteiger partial charge in [0, 0.05) is 18.1 Å². The maximum Gasteiger partial charge on any atom is 0.416 e. The van der Waals surface area contributed by atoms with Gasteiger partial charge < -0.3 is 5.11 Å². The van der Waals surface area contributed by atoms with Gasteiger partial charge in [0.15, 0.2) is 0 Å². The first-order chi connectivity index (χ1) is 20.5. The van der Waals surface area contributed by atoms with Crippen LogP contribution < -0.4 is 0 Å². The predicted octanol–water partition coefficient (Wildman–Crippen LogP) is 9.41. The quantitative estimate of drug-likeness (QED) is 0.261. The molecule has 3 rings (SSSR count). The normalized spacial score (nSPS) is 13.7. The molecule has 3 aromatic carbocycles. The molecule has 0 saturated carbocycles. The molecule has 0 aliphatic heterocycles. The van der Waals surface area contributed by atoms with Gasteiger partial charge in [-0.25, -0.2) is 4.39 Å². The monoisotopic (exact) mass is 641 g/mol. The van der Waals surface area contributed by atoms with E-state index in [0.717, 1.165) is 27.8 Å². The van der Waals surface area contributed by atoms with Crippen LogP contribution in [0.15, 0.2) is 48.5 Å². The molecule has 246 valence electrons. The molecule has 0 aromatic heterocycles. The van der Waals surface area contributed by atoms with E-state index in [1.54, 1.807) is 6.92 Å². The number of alkyl halides is 6. The third-order valence-corrected chi connectivity index (χ3v) is 7.62. The first kappa shape index (κ1) is 37.7. The van der Waals surface area contributed by atoms with Gasteiger partial charge in [-0.1, -0.05) is 37.6 Å². The number of carbonyl (C=O) groups excluding carboxylic acids is 2. The van der Waals surface area contributed by atoms with Crippen molar-refractivity contribution in [2.24, 2.45) is 0 Å². The molecule has 2 atom stereocenters. The Morgan fingerprint density at radius 2 is 1.31 bits per heavy atom. The smallest absolute Gasteiger partial charge is 0.387 e. The van der Waals surface area contributed by atoms with Crippen molar-refractivity contribution < 1.29 is 45.4 Å². The first-order valence-electron chi connectivity index (χ1n) is 14.2. The number of nitrogens with zero attached hydrogens (tertiary/aromatic N) is 1. The summed E-state index contributed by atoms with van der Waals surface area (Å²) in [5, 5.41) is 11.3. The number of aliphatic hydroxyl groups excluding tert-OH is 1. The topological polar surface area (TPSA) is 57.6 Å². The van der Waals surface area contributed by atoms with Crippen LogP contribution in [-0.2, 0) is 28.5 Å². The summed E-state index contributed by atoms with van der Waals surface area (Å²) in [4.78, 5) is 18.1. The second kappa shape index (κ2) is 14.3. The minimum Gasteiger partial charge on any atom is -0.387 e. The highest BCUT2D eigenvalue weighted by atomic mass is 19.4. The number of aliphatic hydroxyl groups is 1. The van der Waals surface area contributed by atoms with E-state index in [9.17, 15) is 35.8 Å². The van der Waals surface area contributed by atoms with Gasteiger partial charge >= 0.3 is 18.5 Å². The molecule has 3 aromatic rings. The van der Waals surface area contributed by atoms with Gasteiger partial charge in [-0.2, -0.15) is 35.9 Å². The Bertz CT molecular complexity index is 1480. The van der Waals surface area contributed by atoms with Crippen LogP contribution in [-0.4, -0.2) is 27.7 Å². The van der Waals surface area contributed by atoms with Crippen LogP contribution in [0.4, 0.5) is 30.7 Å². The third-order valence-electron chi connectivity index (χ3n) is 7.62. The Morgan fingerprint density at radius 3 is 1.76 bits per heavy atom. The van der Waals surface area contributed by atoms with Crippen LogP contribution >= 0.6 is 0 Å². The molecular weight excluding hydrogens is 603 g/mol. The van der Waals surface area contributed by atoms with Gasteiger partial charge in [-0.15, -0.1) is 0 Å². The van der Waals surface area contributed by atoms with Crippen molar-refractivity contribution in [3.63, 3.8) is 0 Å².